The Labute approximate surface area is 161 Å². The molecule has 2 saturated heterocycles. The third kappa shape index (κ3) is 5.71. The van der Waals surface area contributed by atoms with E-state index < -0.39 is 12.1 Å². The van der Waals surface area contributed by atoms with Crippen molar-refractivity contribution in [2.24, 2.45) is 0 Å². The number of furan rings is 1. The molecule has 158 valence electrons. The molecule has 0 aliphatic carbocycles. The second-order valence-electron chi connectivity index (χ2n) is 7.11. The van der Waals surface area contributed by atoms with Crippen LogP contribution in [0.5, 0.6) is 0 Å². The number of carbonyl (C=O) groups is 2. The number of amides is 1. The van der Waals surface area contributed by atoms with Crippen LogP contribution in [0.3, 0.4) is 0 Å². The summed E-state index contributed by atoms with van der Waals surface area (Å²) >= 11 is 0. The van der Waals surface area contributed by atoms with Crippen LogP contribution >= 0.6 is 0 Å². The summed E-state index contributed by atoms with van der Waals surface area (Å²) < 4.78 is 43.5. The number of likely N-dealkylation sites (tertiary alicyclic amines) is 1. The molecule has 2 aliphatic rings. The topological polar surface area (TPSA) is 83.2 Å². The number of carbonyl (C=O) groups excluding carboxylic acids is 1. The summed E-state index contributed by atoms with van der Waals surface area (Å²) in [5.74, 6) is -0.696. The number of hydrogen-bond donors (Lipinski definition) is 1. The molecule has 3 heterocycles. The SMILES string of the molecule is Cc1ccc(CN2CC[C@H]3O[C@H](C(=O)N(C)C)CC[C@H]32)o1.O=C(O)C(F)(F)F. The monoisotopic (exact) mass is 406 g/mol. The molecule has 1 aromatic heterocycles. The lowest BCUT2D eigenvalue weighted by molar-refractivity contribution is -0.192. The Morgan fingerprint density at radius 2 is 1.89 bits per heavy atom. The lowest BCUT2D eigenvalue weighted by atomic mass is 9.98. The van der Waals surface area contributed by atoms with Crippen LogP contribution in [-0.4, -0.2) is 71.8 Å². The van der Waals surface area contributed by atoms with E-state index in [1.54, 1.807) is 19.0 Å². The second kappa shape index (κ2) is 8.95. The van der Waals surface area contributed by atoms with Gasteiger partial charge in [0.05, 0.1) is 12.6 Å². The van der Waals surface area contributed by atoms with Crippen molar-refractivity contribution in [3.8, 4) is 0 Å². The number of aliphatic carboxylic acids is 1. The lowest BCUT2D eigenvalue weighted by Gasteiger charge is -2.36. The molecule has 0 bridgehead atoms. The summed E-state index contributed by atoms with van der Waals surface area (Å²) in [5.41, 5.74) is 0. The van der Waals surface area contributed by atoms with Crippen molar-refractivity contribution in [1.29, 1.82) is 0 Å². The Hall–Kier alpha value is -2.07. The van der Waals surface area contributed by atoms with Gasteiger partial charge in [0.1, 0.15) is 17.6 Å². The highest BCUT2D eigenvalue weighted by Crippen LogP contribution is 2.33. The highest BCUT2D eigenvalue weighted by molar-refractivity contribution is 5.80. The highest BCUT2D eigenvalue weighted by atomic mass is 19.4. The molecule has 2 aliphatic heterocycles. The van der Waals surface area contributed by atoms with Gasteiger partial charge in [-0.05, 0) is 38.3 Å². The molecule has 3 atom stereocenters. The third-order valence-electron chi connectivity index (χ3n) is 4.78. The fraction of sp³-hybridized carbons (Fsp3) is 0.667. The average Bonchev–Trinajstić information content (AvgIpc) is 3.20. The zero-order chi connectivity index (χ0) is 21.1. The molecule has 3 rings (SSSR count). The first-order valence-electron chi connectivity index (χ1n) is 8.95. The molecule has 2 fully saturated rings. The number of halogens is 3. The molecular weight excluding hydrogens is 381 g/mol. The van der Waals surface area contributed by atoms with Crippen molar-refractivity contribution in [3.05, 3.63) is 23.7 Å². The van der Waals surface area contributed by atoms with Crippen LogP contribution in [0.2, 0.25) is 0 Å². The molecule has 0 aromatic carbocycles. The Kier molecular flexibility index (Phi) is 7.11. The first kappa shape index (κ1) is 22.2. The molecule has 1 N–H and O–H groups in total. The predicted molar refractivity (Wildman–Crippen MR) is 92.5 cm³/mol. The molecule has 10 heteroatoms. The van der Waals surface area contributed by atoms with E-state index in [0.717, 1.165) is 43.9 Å². The summed E-state index contributed by atoms with van der Waals surface area (Å²) in [6.07, 6.45) is -2.32. The second-order valence-corrected chi connectivity index (χ2v) is 7.11. The van der Waals surface area contributed by atoms with Gasteiger partial charge in [-0.2, -0.15) is 13.2 Å². The third-order valence-corrected chi connectivity index (χ3v) is 4.78. The number of rotatable bonds is 3. The van der Waals surface area contributed by atoms with Crippen LogP contribution in [0.15, 0.2) is 16.5 Å². The van der Waals surface area contributed by atoms with Crippen molar-refractivity contribution in [3.63, 3.8) is 0 Å². The van der Waals surface area contributed by atoms with E-state index in [-0.39, 0.29) is 18.1 Å². The van der Waals surface area contributed by atoms with Crippen LogP contribution in [-0.2, 0) is 20.9 Å². The number of carboxylic acid groups (broad SMARTS) is 1. The van der Waals surface area contributed by atoms with Crippen molar-refractivity contribution >= 4 is 11.9 Å². The van der Waals surface area contributed by atoms with Gasteiger partial charge in [0.15, 0.2) is 0 Å². The zero-order valence-electron chi connectivity index (χ0n) is 16.0. The van der Waals surface area contributed by atoms with Gasteiger partial charge in [0.2, 0.25) is 0 Å². The van der Waals surface area contributed by atoms with Gasteiger partial charge >= 0.3 is 12.1 Å². The number of aryl methyl sites for hydroxylation is 1. The maximum atomic E-state index is 12.0. The first-order valence-corrected chi connectivity index (χ1v) is 8.95. The van der Waals surface area contributed by atoms with Gasteiger partial charge in [0.25, 0.3) is 5.91 Å². The van der Waals surface area contributed by atoms with Gasteiger partial charge in [-0.15, -0.1) is 0 Å². The minimum Gasteiger partial charge on any atom is -0.475 e. The Morgan fingerprint density at radius 3 is 2.39 bits per heavy atom. The lowest BCUT2D eigenvalue weighted by Crippen LogP contribution is -2.47. The van der Waals surface area contributed by atoms with E-state index in [1.165, 1.54) is 0 Å². The van der Waals surface area contributed by atoms with Gasteiger partial charge < -0.3 is 19.2 Å². The minimum atomic E-state index is -5.08. The summed E-state index contributed by atoms with van der Waals surface area (Å²) in [5, 5.41) is 7.12. The molecule has 1 amide bonds. The summed E-state index contributed by atoms with van der Waals surface area (Å²) in [6, 6.07) is 4.47. The van der Waals surface area contributed by atoms with Gasteiger partial charge in [-0.1, -0.05) is 0 Å². The van der Waals surface area contributed by atoms with Gasteiger partial charge in [-0.25, -0.2) is 4.79 Å². The van der Waals surface area contributed by atoms with Crippen molar-refractivity contribution < 1.29 is 37.0 Å². The van der Waals surface area contributed by atoms with E-state index in [0.29, 0.717) is 6.04 Å². The van der Waals surface area contributed by atoms with E-state index >= 15 is 0 Å². The molecule has 28 heavy (non-hydrogen) atoms. The number of hydrogen-bond acceptors (Lipinski definition) is 5. The van der Waals surface area contributed by atoms with Gasteiger partial charge in [-0.3, -0.25) is 9.69 Å². The normalized spacial score (nSPS) is 24.9. The fourth-order valence-electron chi connectivity index (χ4n) is 3.45. The standard InChI is InChI=1S/C16H24N2O3.C2HF3O2/c1-11-4-5-12(20-11)10-18-9-8-14-13(18)6-7-15(21-14)16(19)17(2)3;3-2(4,5)1(6)7/h4-5,13-15H,6-10H2,1-3H3;(H,6,7)/t13-,14-,15+;/m1./s1. The molecule has 0 unspecified atom stereocenters. The first-order chi connectivity index (χ1) is 13.0. The number of nitrogens with zero attached hydrogens (tertiary/aromatic N) is 2. The molecule has 0 spiro atoms. The molecule has 0 radical (unpaired) electrons. The van der Waals surface area contributed by atoms with E-state index in [1.807, 2.05) is 19.1 Å². The number of alkyl halides is 3. The van der Waals surface area contributed by atoms with Crippen LogP contribution in [0.4, 0.5) is 13.2 Å². The Morgan fingerprint density at radius 1 is 1.25 bits per heavy atom. The van der Waals surface area contributed by atoms with E-state index in [4.69, 9.17) is 19.1 Å². The maximum absolute atomic E-state index is 12.0. The molecule has 1 aromatic rings. The van der Waals surface area contributed by atoms with Crippen LogP contribution in [0, 0.1) is 6.92 Å². The van der Waals surface area contributed by atoms with Crippen molar-refractivity contribution in [1.82, 2.24) is 9.80 Å². The Balaban J connectivity index is 0.000000345. The number of carboxylic acids is 1. The summed E-state index contributed by atoms with van der Waals surface area (Å²) in [7, 11) is 3.58. The van der Waals surface area contributed by atoms with Crippen LogP contribution < -0.4 is 0 Å². The largest absolute Gasteiger partial charge is 0.490 e. The zero-order valence-corrected chi connectivity index (χ0v) is 16.0. The fourth-order valence-corrected chi connectivity index (χ4v) is 3.45. The molecular formula is C18H25F3N2O5. The van der Waals surface area contributed by atoms with E-state index in [2.05, 4.69) is 4.90 Å². The van der Waals surface area contributed by atoms with E-state index in [9.17, 15) is 18.0 Å². The molecule has 7 nitrogen and oxygen atoms in total. The number of likely N-dealkylation sites (N-methyl/N-ethyl adjacent to an activating group) is 1. The van der Waals surface area contributed by atoms with Crippen LogP contribution in [0.25, 0.3) is 0 Å². The van der Waals surface area contributed by atoms with Crippen LogP contribution in [0.1, 0.15) is 30.8 Å². The quantitative estimate of drug-likeness (QED) is 0.830. The highest BCUT2D eigenvalue weighted by Gasteiger charge is 2.42. The predicted octanol–water partition coefficient (Wildman–Crippen LogP) is 2.43. The maximum Gasteiger partial charge on any atom is 0.490 e. The average molecular weight is 406 g/mol. The summed E-state index contributed by atoms with van der Waals surface area (Å²) in [6.45, 7) is 3.82. The van der Waals surface area contributed by atoms with Crippen molar-refractivity contribution in [2.45, 2.75) is 57.2 Å². The molecule has 0 saturated carbocycles. The minimum absolute atomic E-state index is 0.0913. The summed E-state index contributed by atoms with van der Waals surface area (Å²) in [4.78, 5) is 25.0. The van der Waals surface area contributed by atoms with Gasteiger partial charge in [0, 0.05) is 26.7 Å². The van der Waals surface area contributed by atoms with Crippen molar-refractivity contribution in [2.75, 3.05) is 20.6 Å². The number of fused-ring (bicyclic) bond motifs is 1. The Bertz CT molecular complexity index is 689. The smallest absolute Gasteiger partial charge is 0.475 e. The number of ether oxygens (including phenoxy) is 1.